The summed E-state index contributed by atoms with van der Waals surface area (Å²) in [5.74, 6) is 1.04. The molecular formula is C14H28N2. The van der Waals surface area contributed by atoms with E-state index in [0.717, 1.165) is 18.0 Å². The average Bonchev–Trinajstić information content (AvgIpc) is 2.24. The van der Waals surface area contributed by atoms with Gasteiger partial charge >= 0.3 is 0 Å². The van der Waals surface area contributed by atoms with Gasteiger partial charge in [-0.2, -0.15) is 0 Å². The first-order valence-electron chi connectivity index (χ1n) is 7.19. The molecule has 0 aromatic heterocycles. The van der Waals surface area contributed by atoms with Crippen LogP contribution in [0.4, 0.5) is 0 Å². The Morgan fingerprint density at radius 2 is 2.00 bits per heavy atom. The van der Waals surface area contributed by atoms with Crippen molar-refractivity contribution in [3.05, 3.63) is 0 Å². The Morgan fingerprint density at radius 3 is 2.56 bits per heavy atom. The largest absolute Gasteiger partial charge is 0.313 e. The van der Waals surface area contributed by atoms with Crippen molar-refractivity contribution >= 4 is 0 Å². The van der Waals surface area contributed by atoms with Gasteiger partial charge < -0.3 is 10.2 Å². The van der Waals surface area contributed by atoms with Crippen LogP contribution in [0.5, 0.6) is 0 Å². The summed E-state index contributed by atoms with van der Waals surface area (Å²) in [5.41, 5.74) is 0. The second kappa shape index (κ2) is 6.02. The van der Waals surface area contributed by atoms with Crippen molar-refractivity contribution in [2.45, 2.75) is 64.0 Å². The minimum absolute atomic E-state index is 0.752. The lowest BCUT2D eigenvalue weighted by atomic mass is 9.81. The number of nitrogens with zero attached hydrogens (tertiary/aromatic N) is 1. The summed E-state index contributed by atoms with van der Waals surface area (Å²) in [6.45, 7) is 4.88. The Balaban J connectivity index is 1.66. The van der Waals surface area contributed by atoms with Crippen LogP contribution in [-0.4, -0.2) is 37.1 Å². The summed E-state index contributed by atoms with van der Waals surface area (Å²) < 4.78 is 0. The second-order valence-corrected chi connectivity index (χ2v) is 5.97. The molecule has 0 bridgehead atoms. The molecule has 2 atom stereocenters. The molecule has 2 nitrogen and oxygen atoms in total. The highest BCUT2D eigenvalue weighted by Crippen LogP contribution is 2.31. The first-order chi connectivity index (χ1) is 7.75. The molecule has 0 spiro atoms. The molecule has 16 heavy (non-hydrogen) atoms. The van der Waals surface area contributed by atoms with Gasteiger partial charge in [-0.25, -0.2) is 0 Å². The zero-order valence-electron chi connectivity index (χ0n) is 11.0. The van der Waals surface area contributed by atoms with E-state index in [2.05, 4.69) is 24.2 Å². The summed E-state index contributed by atoms with van der Waals surface area (Å²) >= 11 is 0. The summed E-state index contributed by atoms with van der Waals surface area (Å²) in [6.07, 6.45) is 10.0. The van der Waals surface area contributed by atoms with Crippen LogP contribution in [0.15, 0.2) is 0 Å². The van der Waals surface area contributed by atoms with Crippen molar-refractivity contribution in [2.24, 2.45) is 5.92 Å². The molecular weight excluding hydrogens is 196 g/mol. The zero-order valence-corrected chi connectivity index (χ0v) is 11.0. The standard InChI is InChI=1S/C14H28N2/c1-12(10-13-6-5-7-13)16(2)11-14-8-3-4-9-15-14/h12-15H,3-11H2,1-2H3. The monoisotopic (exact) mass is 224 g/mol. The SMILES string of the molecule is CC(CC1CCC1)N(C)CC1CCCCN1. The van der Waals surface area contributed by atoms with E-state index in [9.17, 15) is 0 Å². The van der Waals surface area contributed by atoms with Crippen LogP contribution >= 0.6 is 0 Å². The van der Waals surface area contributed by atoms with E-state index < -0.39 is 0 Å². The highest BCUT2D eigenvalue weighted by molar-refractivity contribution is 4.80. The maximum absolute atomic E-state index is 3.64. The number of piperidine rings is 1. The van der Waals surface area contributed by atoms with E-state index in [0.29, 0.717) is 0 Å². The number of likely N-dealkylation sites (N-methyl/N-ethyl adjacent to an activating group) is 1. The quantitative estimate of drug-likeness (QED) is 0.772. The lowest BCUT2D eigenvalue weighted by molar-refractivity contribution is 0.162. The van der Waals surface area contributed by atoms with Crippen LogP contribution in [0.25, 0.3) is 0 Å². The molecule has 1 aliphatic heterocycles. The minimum atomic E-state index is 0.752. The van der Waals surface area contributed by atoms with Crippen LogP contribution in [0.2, 0.25) is 0 Å². The Labute approximate surface area is 101 Å². The Hall–Kier alpha value is -0.0800. The van der Waals surface area contributed by atoms with Crippen LogP contribution in [0.1, 0.15) is 51.9 Å². The van der Waals surface area contributed by atoms with Crippen molar-refractivity contribution in [3.8, 4) is 0 Å². The third-order valence-electron chi connectivity index (χ3n) is 4.57. The fourth-order valence-corrected chi connectivity index (χ4v) is 3.00. The van der Waals surface area contributed by atoms with Crippen LogP contribution in [0.3, 0.4) is 0 Å². The first-order valence-corrected chi connectivity index (χ1v) is 7.19. The molecule has 0 aromatic rings. The van der Waals surface area contributed by atoms with Gasteiger partial charge in [0.2, 0.25) is 0 Å². The molecule has 0 amide bonds. The van der Waals surface area contributed by atoms with Gasteiger partial charge in [0.1, 0.15) is 0 Å². The molecule has 2 unspecified atom stereocenters. The van der Waals surface area contributed by atoms with Gasteiger partial charge in [-0.05, 0) is 45.7 Å². The van der Waals surface area contributed by atoms with Crippen molar-refractivity contribution in [1.29, 1.82) is 0 Å². The molecule has 94 valence electrons. The van der Waals surface area contributed by atoms with Gasteiger partial charge in [-0.3, -0.25) is 0 Å². The molecule has 2 fully saturated rings. The topological polar surface area (TPSA) is 15.3 Å². The number of hydrogen-bond acceptors (Lipinski definition) is 2. The molecule has 2 heteroatoms. The lowest BCUT2D eigenvalue weighted by Crippen LogP contribution is -2.45. The molecule has 2 aliphatic rings. The Morgan fingerprint density at radius 1 is 1.19 bits per heavy atom. The summed E-state index contributed by atoms with van der Waals surface area (Å²) in [4.78, 5) is 2.57. The predicted octanol–water partition coefficient (Wildman–Crippen LogP) is 2.64. The number of nitrogens with one attached hydrogen (secondary N) is 1. The molecule has 1 heterocycles. The summed E-state index contributed by atoms with van der Waals surface area (Å²) in [5, 5.41) is 3.64. The fourth-order valence-electron chi connectivity index (χ4n) is 3.00. The van der Waals surface area contributed by atoms with Gasteiger partial charge in [0.25, 0.3) is 0 Å². The molecule has 0 radical (unpaired) electrons. The molecule has 1 aliphatic carbocycles. The highest BCUT2D eigenvalue weighted by Gasteiger charge is 2.23. The van der Waals surface area contributed by atoms with Gasteiger partial charge in [0.05, 0.1) is 0 Å². The molecule has 1 saturated heterocycles. The Kier molecular flexibility index (Phi) is 4.66. The second-order valence-electron chi connectivity index (χ2n) is 5.97. The van der Waals surface area contributed by atoms with Crippen LogP contribution in [0, 0.1) is 5.92 Å². The van der Waals surface area contributed by atoms with E-state index in [-0.39, 0.29) is 0 Å². The lowest BCUT2D eigenvalue weighted by Gasteiger charge is -2.35. The Bertz CT molecular complexity index is 195. The van der Waals surface area contributed by atoms with Crippen molar-refractivity contribution in [1.82, 2.24) is 10.2 Å². The van der Waals surface area contributed by atoms with Crippen LogP contribution < -0.4 is 5.32 Å². The van der Waals surface area contributed by atoms with Gasteiger partial charge in [0, 0.05) is 18.6 Å². The first kappa shape index (κ1) is 12.4. The van der Waals surface area contributed by atoms with Crippen LogP contribution in [-0.2, 0) is 0 Å². The number of rotatable bonds is 5. The highest BCUT2D eigenvalue weighted by atomic mass is 15.1. The van der Waals surface area contributed by atoms with E-state index in [1.54, 1.807) is 0 Å². The third kappa shape index (κ3) is 3.46. The molecule has 1 saturated carbocycles. The van der Waals surface area contributed by atoms with Crippen molar-refractivity contribution in [2.75, 3.05) is 20.1 Å². The third-order valence-corrected chi connectivity index (χ3v) is 4.57. The fraction of sp³-hybridized carbons (Fsp3) is 1.00. The van der Waals surface area contributed by atoms with Gasteiger partial charge in [-0.1, -0.05) is 25.7 Å². The van der Waals surface area contributed by atoms with E-state index in [1.165, 1.54) is 58.0 Å². The maximum Gasteiger partial charge on any atom is 0.0195 e. The average molecular weight is 224 g/mol. The predicted molar refractivity (Wildman–Crippen MR) is 69.7 cm³/mol. The summed E-state index contributed by atoms with van der Waals surface area (Å²) in [6, 6.07) is 1.52. The van der Waals surface area contributed by atoms with Gasteiger partial charge in [0.15, 0.2) is 0 Å². The summed E-state index contributed by atoms with van der Waals surface area (Å²) in [7, 11) is 2.31. The van der Waals surface area contributed by atoms with Crippen molar-refractivity contribution in [3.63, 3.8) is 0 Å². The normalized spacial score (nSPS) is 29.1. The van der Waals surface area contributed by atoms with E-state index in [4.69, 9.17) is 0 Å². The van der Waals surface area contributed by atoms with E-state index >= 15 is 0 Å². The zero-order chi connectivity index (χ0) is 11.4. The van der Waals surface area contributed by atoms with Gasteiger partial charge in [-0.15, -0.1) is 0 Å². The molecule has 2 rings (SSSR count). The van der Waals surface area contributed by atoms with E-state index in [1.807, 2.05) is 0 Å². The smallest absolute Gasteiger partial charge is 0.0195 e. The number of hydrogen-bond donors (Lipinski definition) is 1. The molecule has 0 aromatic carbocycles. The van der Waals surface area contributed by atoms with Crippen molar-refractivity contribution < 1.29 is 0 Å². The maximum atomic E-state index is 3.64. The molecule has 1 N–H and O–H groups in total. The minimum Gasteiger partial charge on any atom is -0.313 e.